The molecular weight excluding hydrogens is 302 g/mol. The van der Waals surface area contributed by atoms with Crippen LogP contribution in [0.15, 0.2) is 41.5 Å². The molecule has 0 amide bonds. The Hall–Kier alpha value is -2.14. The molecule has 3 rings (SSSR count). The van der Waals surface area contributed by atoms with Gasteiger partial charge >= 0.3 is 0 Å². The predicted octanol–water partition coefficient (Wildman–Crippen LogP) is 2.76. The molecule has 1 saturated heterocycles. The summed E-state index contributed by atoms with van der Waals surface area (Å²) in [6.07, 6.45) is 8.14. The quantitative estimate of drug-likeness (QED) is 0.917. The zero-order valence-corrected chi connectivity index (χ0v) is 14.2. The van der Waals surface area contributed by atoms with E-state index in [0.29, 0.717) is 12.6 Å². The van der Waals surface area contributed by atoms with E-state index >= 15 is 0 Å². The van der Waals surface area contributed by atoms with Crippen molar-refractivity contribution in [2.45, 2.75) is 51.7 Å². The molecule has 2 aromatic rings. The molecule has 1 aliphatic heterocycles. The fourth-order valence-corrected chi connectivity index (χ4v) is 3.49. The molecule has 0 aromatic carbocycles. The van der Waals surface area contributed by atoms with Crippen molar-refractivity contribution < 1.29 is 5.11 Å². The Balaban J connectivity index is 1.88. The Morgan fingerprint density at radius 2 is 2.17 bits per heavy atom. The molecule has 1 atom stereocenters. The average molecular weight is 327 g/mol. The molecule has 1 unspecified atom stereocenters. The van der Waals surface area contributed by atoms with Crippen LogP contribution in [0.3, 0.4) is 0 Å². The van der Waals surface area contributed by atoms with Gasteiger partial charge in [-0.3, -0.25) is 14.7 Å². The fourth-order valence-electron chi connectivity index (χ4n) is 3.49. The third-order valence-electron chi connectivity index (χ3n) is 4.84. The lowest BCUT2D eigenvalue weighted by Gasteiger charge is -2.35. The van der Waals surface area contributed by atoms with Crippen molar-refractivity contribution in [3.05, 3.63) is 58.3 Å². The van der Waals surface area contributed by atoms with Crippen molar-refractivity contribution in [1.82, 2.24) is 14.5 Å². The number of hydrogen-bond donors (Lipinski definition) is 1. The van der Waals surface area contributed by atoms with Gasteiger partial charge in [0.15, 0.2) is 5.75 Å². The molecule has 1 N–H and O–H groups in total. The summed E-state index contributed by atoms with van der Waals surface area (Å²) in [6.45, 7) is 4.58. The molecule has 2 aromatic heterocycles. The molecular formula is C19H25N3O2. The van der Waals surface area contributed by atoms with Gasteiger partial charge in [-0.2, -0.15) is 0 Å². The summed E-state index contributed by atoms with van der Waals surface area (Å²) >= 11 is 0. The van der Waals surface area contributed by atoms with Crippen LogP contribution < -0.4 is 5.43 Å². The van der Waals surface area contributed by atoms with Gasteiger partial charge < -0.3 is 9.67 Å². The van der Waals surface area contributed by atoms with Crippen molar-refractivity contribution in [3.8, 4) is 5.75 Å². The lowest BCUT2D eigenvalue weighted by Crippen LogP contribution is -2.39. The SMILES string of the molecule is CCC1CCCCN1Cc1cc(=O)c(O)cn1Cc1ccccn1. The maximum atomic E-state index is 11.9. The number of rotatable bonds is 5. The number of likely N-dealkylation sites (tertiary alicyclic amines) is 1. The minimum absolute atomic E-state index is 0.208. The summed E-state index contributed by atoms with van der Waals surface area (Å²) in [6, 6.07) is 7.93. The van der Waals surface area contributed by atoms with Crippen LogP contribution >= 0.6 is 0 Å². The van der Waals surface area contributed by atoms with Gasteiger partial charge in [-0.05, 0) is 37.9 Å². The highest BCUT2D eigenvalue weighted by Crippen LogP contribution is 2.22. The zero-order valence-electron chi connectivity index (χ0n) is 14.2. The Bertz CT molecular complexity index is 727. The van der Waals surface area contributed by atoms with Crippen LogP contribution in [0.5, 0.6) is 5.75 Å². The van der Waals surface area contributed by atoms with E-state index in [2.05, 4.69) is 16.8 Å². The van der Waals surface area contributed by atoms with E-state index in [4.69, 9.17) is 0 Å². The molecule has 128 valence electrons. The van der Waals surface area contributed by atoms with E-state index in [0.717, 1.165) is 30.9 Å². The number of aromatic nitrogens is 2. The first-order chi connectivity index (χ1) is 11.7. The summed E-state index contributed by atoms with van der Waals surface area (Å²) in [5, 5.41) is 9.84. The van der Waals surface area contributed by atoms with Crippen molar-refractivity contribution in [2.75, 3.05) is 6.54 Å². The highest BCUT2D eigenvalue weighted by molar-refractivity contribution is 5.22. The molecule has 0 bridgehead atoms. The van der Waals surface area contributed by atoms with Crippen LogP contribution in [0.1, 0.15) is 44.0 Å². The standard InChI is InChI=1S/C19H25N3O2/c1-2-16-8-4-6-10-21(16)13-17-11-18(23)19(24)14-22(17)12-15-7-3-5-9-20-15/h3,5,7,9,11,14,16,24H,2,4,6,8,10,12-13H2,1H3. The Morgan fingerprint density at radius 3 is 2.92 bits per heavy atom. The molecule has 5 heteroatoms. The number of pyridine rings is 2. The summed E-state index contributed by atoms with van der Waals surface area (Å²) in [5.41, 5.74) is 1.53. The van der Waals surface area contributed by atoms with Gasteiger partial charge in [-0.25, -0.2) is 0 Å². The van der Waals surface area contributed by atoms with E-state index in [1.54, 1.807) is 12.3 Å². The van der Waals surface area contributed by atoms with Gasteiger partial charge in [-0.1, -0.05) is 19.4 Å². The molecule has 1 fully saturated rings. The maximum Gasteiger partial charge on any atom is 0.223 e. The monoisotopic (exact) mass is 327 g/mol. The van der Waals surface area contributed by atoms with E-state index in [1.807, 2.05) is 22.8 Å². The average Bonchev–Trinajstić information content (AvgIpc) is 2.60. The molecule has 0 aliphatic carbocycles. The van der Waals surface area contributed by atoms with Gasteiger partial charge in [0.05, 0.1) is 18.4 Å². The number of aromatic hydroxyl groups is 1. The molecule has 0 spiro atoms. The molecule has 0 saturated carbocycles. The van der Waals surface area contributed by atoms with Gasteiger partial charge in [0.25, 0.3) is 0 Å². The van der Waals surface area contributed by atoms with Crippen molar-refractivity contribution >= 4 is 0 Å². The second kappa shape index (κ2) is 7.62. The van der Waals surface area contributed by atoms with E-state index in [-0.39, 0.29) is 11.2 Å². The number of hydrogen-bond acceptors (Lipinski definition) is 4. The third kappa shape index (κ3) is 3.85. The molecule has 24 heavy (non-hydrogen) atoms. The van der Waals surface area contributed by atoms with Crippen LogP contribution in [-0.2, 0) is 13.1 Å². The summed E-state index contributed by atoms with van der Waals surface area (Å²) in [5.74, 6) is -0.208. The predicted molar refractivity (Wildman–Crippen MR) is 94.0 cm³/mol. The van der Waals surface area contributed by atoms with Crippen LogP contribution in [0.2, 0.25) is 0 Å². The van der Waals surface area contributed by atoms with Crippen molar-refractivity contribution in [1.29, 1.82) is 0 Å². The molecule has 3 heterocycles. The van der Waals surface area contributed by atoms with Crippen molar-refractivity contribution in [3.63, 3.8) is 0 Å². The number of piperidine rings is 1. The van der Waals surface area contributed by atoms with Gasteiger partial charge in [0.1, 0.15) is 0 Å². The maximum absolute atomic E-state index is 11.9. The Kier molecular flexibility index (Phi) is 5.30. The zero-order chi connectivity index (χ0) is 16.9. The van der Waals surface area contributed by atoms with Crippen LogP contribution in [0, 0.1) is 0 Å². The molecule has 5 nitrogen and oxygen atoms in total. The Labute approximate surface area is 142 Å². The highest BCUT2D eigenvalue weighted by Gasteiger charge is 2.22. The minimum atomic E-state index is -0.313. The molecule has 1 aliphatic rings. The van der Waals surface area contributed by atoms with Gasteiger partial charge in [0, 0.05) is 30.5 Å². The smallest absolute Gasteiger partial charge is 0.223 e. The highest BCUT2D eigenvalue weighted by atomic mass is 16.3. The van der Waals surface area contributed by atoms with Crippen LogP contribution in [0.4, 0.5) is 0 Å². The second-order valence-corrected chi connectivity index (χ2v) is 6.49. The molecule has 0 radical (unpaired) electrons. The summed E-state index contributed by atoms with van der Waals surface area (Å²) < 4.78 is 1.94. The van der Waals surface area contributed by atoms with Crippen molar-refractivity contribution in [2.24, 2.45) is 0 Å². The third-order valence-corrected chi connectivity index (χ3v) is 4.84. The van der Waals surface area contributed by atoms with Gasteiger partial charge in [-0.15, -0.1) is 0 Å². The minimum Gasteiger partial charge on any atom is -0.503 e. The summed E-state index contributed by atoms with van der Waals surface area (Å²) in [7, 11) is 0. The largest absolute Gasteiger partial charge is 0.503 e. The number of nitrogens with zero attached hydrogens (tertiary/aromatic N) is 3. The topological polar surface area (TPSA) is 58.4 Å². The van der Waals surface area contributed by atoms with E-state index < -0.39 is 0 Å². The first-order valence-corrected chi connectivity index (χ1v) is 8.73. The lowest BCUT2D eigenvalue weighted by molar-refractivity contribution is 0.132. The van der Waals surface area contributed by atoms with Gasteiger partial charge in [0.2, 0.25) is 5.43 Å². The first-order valence-electron chi connectivity index (χ1n) is 8.73. The lowest BCUT2D eigenvalue weighted by atomic mass is 10.00. The van der Waals surface area contributed by atoms with Crippen LogP contribution in [-0.4, -0.2) is 32.1 Å². The summed E-state index contributed by atoms with van der Waals surface area (Å²) in [4.78, 5) is 18.8. The fraction of sp³-hybridized carbons (Fsp3) is 0.474. The van der Waals surface area contributed by atoms with E-state index in [1.165, 1.54) is 25.5 Å². The normalized spacial score (nSPS) is 18.6. The van der Waals surface area contributed by atoms with E-state index in [9.17, 15) is 9.90 Å². The van der Waals surface area contributed by atoms with Crippen LogP contribution in [0.25, 0.3) is 0 Å². The first kappa shape index (κ1) is 16.7. The second-order valence-electron chi connectivity index (χ2n) is 6.49. The Morgan fingerprint density at radius 1 is 1.29 bits per heavy atom.